The van der Waals surface area contributed by atoms with Gasteiger partial charge in [0.2, 0.25) is 0 Å². The van der Waals surface area contributed by atoms with Crippen LogP contribution in [0.15, 0.2) is 42.5 Å². The van der Waals surface area contributed by atoms with Gasteiger partial charge in [-0.1, -0.05) is 18.2 Å². The fourth-order valence-electron chi connectivity index (χ4n) is 2.53. The summed E-state index contributed by atoms with van der Waals surface area (Å²) in [5.41, 5.74) is 4.30. The molecule has 1 aromatic carbocycles. The van der Waals surface area contributed by atoms with Crippen molar-refractivity contribution in [1.82, 2.24) is 9.38 Å². The van der Waals surface area contributed by atoms with Crippen molar-refractivity contribution in [1.29, 1.82) is 0 Å². The molecule has 20 heavy (non-hydrogen) atoms. The second-order valence-corrected chi connectivity index (χ2v) is 4.63. The lowest BCUT2D eigenvalue weighted by atomic mass is 10.1. The van der Waals surface area contributed by atoms with Gasteiger partial charge < -0.3 is 9.84 Å². The number of nitrogens with zero attached hydrogens (tertiary/aromatic N) is 2. The lowest BCUT2D eigenvalue weighted by molar-refractivity contribution is 0.276. The minimum Gasteiger partial charge on any atom is -0.496 e. The standard InChI is InChI=1S/C16H16N2O2/c1-11-6-5-9-15-17-16(13(10-19)18(11)15)12-7-3-4-8-14(12)20-2/h3-9,19H,10H2,1-2H3. The summed E-state index contributed by atoms with van der Waals surface area (Å²) in [5.74, 6) is 0.753. The summed E-state index contributed by atoms with van der Waals surface area (Å²) < 4.78 is 7.37. The van der Waals surface area contributed by atoms with Gasteiger partial charge in [0.15, 0.2) is 0 Å². The number of ether oxygens (including phenoxy) is 1. The molecule has 0 unspecified atom stereocenters. The summed E-state index contributed by atoms with van der Waals surface area (Å²) in [6, 6.07) is 13.6. The molecule has 0 aliphatic heterocycles. The fraction of sp³-hybridized carbons (Fsp3) is 0.188. The number of imidazole rings is 1. The molecule has 0 spiro atoms. The Morgan fingerprint density at radius 1 is 1.15 bits per heavy atom. The van der Waals surface area contributed by atoms with Gasteiger partial charge in [-0.25, -0.2) is 4.98 Å². The third kappa shape index (κ3) is 1.85. The summed E-state index contributed by atoms with van der Waals surface area (Å²) in [7, 11) is 1.64. The number of methoxy groups -OCH3 is 1. The number of hydrogen-bond acceptors (Lipinski definition) is 3. The molecule has 3 rings (SSSR count). The molecule has 102 valence electrons. The van der Waals surface area contributed by atoms with Crippen LogP contribution >= 0.6 is 0 Å². The normalized spacial score (nSPS) is 10.9. The number of pyridine rings is 1. The topological polar surface area (TPSA) is 46.8 Å². The minimum atomic E-state index is -0.0700. The van der Waals surface area contributed by atoms with Crippen LogP contribution in [0.1, 0.15) is 11.4 Å². The Labute approximate surface area is 117 Å². The van der Waals surface area contributed by atoms with Crippen LogP contribution in [0.5, 0.6) is 5.75 Å². The van der Waals surface area contributed by atoms with Crippen LogP contribution in [0.25, 0.3) is 16.9 Å². The highest BCUT2D eigenvalue weighted by Crippen LogP contribution is 2.32. The number of hydrogen-bond donors (Lipinski definition) is 1. The maximum atomic E-state index is 9.75. The summed E-state index contributed by atoms with van der Waals surface area (Å²) in [6.45, 7) is 1.93. The van der Waals surface area contributed by atoms with Crippen LogP contribution in [0.4, 0.5) is 0 Å². The fourth-order valence-corrected chi connectivity index (χ4v) is 2.53. The molecule has 0 fully saturated rings. The molecular weight excluding hydrogens is 252 g/mol. The summed E-state index contributed by atoms with van der Waals surface area (Å²) >= 11 is 0. The van der Waals surface area contributed by atoms with E-state index in [1.807, 2.05) is 53.8 Å². The zero-order valence-electron chi connectivity index (χ0n) is 11.5. The highest BCUT2D eigenvalue weighted by atomic mass is 16.5. The molecule has 0 aliphatic carbocycles. The largest absolute Gasteiger partial charge is 0.496 e. The molecule has 2 aromatic heterocycles. The van der Waals surface area contributed by atoms with Crippen LogP contribution in [-0.2, 0) is 6.61 Å². The molecule has 0 saturated heterocycles. The second kappa shape index (κ2) is 4.98. The first-order chi connectivity index (χ1) is 9.76. The van der Waals surface area contributed by atoms with E-state index in [9.17, 15) is 5.11 Å². The molecule has 0 amide bonds. The van der Waals surface area contributed by atoms with Gasteiger partial charge in [-0.05, 0) is 31.2 Å². The quantitative estimate of drug-likeness (QED) is 0.794. The number of aliphatic hydroxyl groups is 1. The monoisotopic (exact) mass is 268 g/mol. The van der Waals surface area contributed by atoms with Gasteiger partial charge in [0.25, 0.3) is 0 Å². The molecule has 1 N–H and O–H groups in total. The van der Waals surface area contributed by atoms with Gasteiger partial charge in [-0.15, -0.1) is 0 Å². The smallest absolute Gasteiger partial charge is 0.137 e. The number of aliphatic hydroxyl groups excluding tert-OH is 1. The third-order valence-electron chi connectivity index (χ3n) is 3.45. The maximum absolute atomic E-state index is 9.75. The molecule has 4 heteroatoms. The Hall–Kier alpha value is -2.33. The lowest BCUT2D eigenvalue weighted by Crippen LogP contribution is -1.98. The van der Waals surface area contributed by atoms with Crippen molar-refractivity contribution in [2.45, 2.75) is 13.5 Å². The van der Waals surface area contributed by atoms with E-state index in [4.69, 9.17) is 4.74 Å². The Bertz CT molecular complexity index is 762. The van der Waals surface area contributed by atoms with Gasteiger partial charge in [-0.3, -0.25) is 4.40 Å². The van der Waals surface area contributed by atoms with Gasteiger partial charge in [-0.2, -0.15) is 0 Å². The van der Waals surface area contributed by atoms with E-state index in [1.165, 1.54) is 0 Å². The van der Waals surface area contributed by atoms with Gasteiger partial charge in [0.05, 0.1) is 25.1 Å². The van der Waals surface area contributed by atoms with E-state index in [2.05, 4.69) is 4.98 Å². The summed E-state index contributed by atoms with van der Waals surface area (Å²) in [4.78, 5) is 4.65. The molecule has 2 heterocycles. The SMILES string of the molecule is COc1ccccc1-c1nc2cccc(C)n2c1CO. The van der Waals surface area contributed by atoms with Crippen molar-refractivity contribution in [3.8, 4) is 17.0 Å². The highest BCUT2D eigenvalue weighted by Gasteiger charge is 2.17. The van der Waals surface area contributed by atoms with Crippen molar-refractivity contribution < 1.29 is 9.84 Å². The van der Waals surface area contributed by atoms with E-state index in [-0.39, 0.29) is 6.61 Å². The van der Waals surface area contributed by atoms with Crippen LogP contribution in [0.3, 0.4) is 0 Å². The van der Waals surface area contributed by atoms with E-state index >= 15 is 0 Å². The summed E-state index contributed by atoms with van der Waals surface area (Å²) in [6.07, 6.45) is 0. The number of benzene rings is 1. The average molecular weight is 268 g/mol. The zero-order chi connectivity index (χ0) is 14.1. The van der Waals surface area contributed by atoms with Crippen molar-refractivity contribution >= 4 is 5.65 Å². The van der Waals surface area contributed by atoms with E-state index < -0.39 is 0 Å². The van der Waals surface area contributed by atoms with Crippen molar-refractivity contribution in [2.24, 2.45) is 0 Å². The number of rotatable bonds is 3. The van der Waals surface area contributed by atoms with Gasteiger partial charge in [0, 0.05) is 11.3 Å². The molecule has 3 aromatic rings. The van der Waals surface area contributed by atoms with Gasteiger partial charge in [0.1, 0.15) is 11.4 Å². The van der Waals surface area contributed by atoms with E-state index in [1.54, 1.807) is 7.11 Å². The van der Waals surface area contributed by atoms with Crippen molar-refractivity contribution in [2.75, 3.05) is 7.11 Å². The number of fused-ring (bicyclic) bond motifs is 1. The minimum absolute atomic E-state index is 0.0700. The molecular formula is C16H16N2O2. The number of aromatic nitrogens is 2. The van der Waals surface area contributed by atoms with E-state index in [0.717, 1.165) is 34.0 Å². The molecule has 0 saturated carbocycles. The predicted molar refractivity (Wildman–Crippen MR) is 77.8 cm³/mol. The van der Waals surface area contributed by atoms with Crippen LogP contribution in [0, 0.1) is 6.92 Å². The highest BCUT2D eigenvalue weighted by molar-refractivity contribution is 5.72. The lowest BCUT2D eigenvalue weighted by Gasteiger charge is -2.08. The van der Waals surface area contributed by atoms with E-state index in [0.29, 0.717) is 0 Å². The van der Waals surface area contributed by atoms with Gasteiger partial charge >= 0.3 is 0 Å². The van der Waals surface area contributed by atoms with Crippen molar-refractivity contribution in [3.63, 3.8) is 0 Å². The van der Waals surface area contributed by atoms with Crippen molar-refractivity contribution in [3.05, 3.63) is 53.9 Å². The Balaban J connectivity index is 2.34. The Morgan fingerprint density at radius 2 is 1.95 bits per heavy atom. The average Bonchev–Trinajstić information content (AvgIpc) is 2.87. The second-order valence-electron chi connectivity index (χ2n) is 4.63. The molecule has 0 atom stereocenters. The molecule has 0 aliphatic rings. The zero-order valence-corrected chi connectivity index (χ0v) is 11.5. The van der Waals surface area contributed by atoms with Crippen LogP contribution in [0.2, 0.25) is 0 Å². The first-order valence-electron chi connectivity index (χ1n) is 6.47. The third-order valence-corrected chi connectivity index (χ3v) is 3.45. The van der Waals surface area contributed by atoms with Crippen LogP contribution in [-0.4, -0.2) is 21.6 Å². The molecule has 0 radical (unpaired) electrons. The Kier molecular flexibility index (Phi) is 3.16. The maximum Gasteiger partial charge on any atom is 0.137 e. The number of aryl methyl sites for hydroxylation is 1. The first-order valence-corrected chi connectivity index (χ1v) is 6.47. The van der Waals surface area contributed by atoms with Crippen LogP contribution < -0.4 is 4.74 Å². The predicted octanol–water partition coefficient (Wildman–Crippen LogP) is 2.81. The first kappa shape index (κ1) is 12.7. The Morgan fingerprint density at radius 3 is 2.70 bits per heavy atom. The summed E-state index contributed by atoms with van der Waals surface area (Å²) in [5, 5.41) is 9.75. The molecule has 4 nitrogen and oxygen atoms in total. The molecule has 0 bridgehead atoms. The number of para-hydroxylation sites is 1.